The van der Waals surface area contributed by atoms with E-state index >= 15 is 0 Å². The van der Waals surface area contributed by atoms with Crippen LogP contribution < -0.4 is 9.64 Å². The van der Waals surface area contributed by atoms with Gasteiger partial charge >= 0.3 is 6.61 Å². The van der Waals surface area contributed by atoms with E-state index in [1.54, 1.807) is 19.1 Å². The van der Waals surface area contributed by atoms with Gasteiger partial charge in [-0.3, -0.25) is 4.79 Å². The molecule has 0 radical (unpaired) electrons. The van der Waals surface area contributed by atoms with Gasteiger partial charge in [0.25, 0.3) is 0 Å². The van der Waals surface area contributed by atoms with Gasteiger partial charge in [0.2, 0.25) is 5.91 Å². The minimum Gasteiger partial charge on any atom is -0.433 e. The van der Waals surface area contributed by atoms with E-state index in [-0.39, 0.29) is 18.2 Å². The third-order valence-corrected chi connectivity index (χ3v) is 3.14. The zero-order chi connectivity index (χ0) is 16.5. The fourth-order valence-electron chi connectivity index (χ4n) is 2.00. The molecule has 7 heteroatoms. The molecule has 0 saturated heterocycles. The maximum atomic E-state index is 12.6. The molecule has 0 aliphatic rings. The van der Waals surface area contributed by atoms with Crippen LogP contribution in [-0.2, 0) is 9.53 Å². The van der Waals surface area contributed by atoms with Gasteiger partial charge in [-0.1, -0.05) is 19.1 Å². The van der Waals surface area contributed by atoms with Gasteiger partial charge in [0.1, 0.15) is 11.6 Å². The van der Waals surface area contributed by atoms with Crippen LogP contribution in [0.1, 0.15) is 18.9 Å². The molecule has 1 aromatic carbocycles. The number of ether oxygens (including phenoxy) is 2. The van der Waals surface area contributed by atoms with Gasteiger partial charge in [-0.2, -0.15) is 8.78 Å². The van der Waals surface area contributed by atoms with Gasteiger partial charge < -0.3 is 14.4 Å². The number of alkyl halides is 3. The molecule has 0 aliphatic carbocycles. The van der Waals surface area contributed by atoms with Crippen molar-refractivity contribution in [1.29, 1.82) is 0 Å². The highest BCUT2D eigenvalue weighted by atomic mass is 35.5. The van der Waals surface area contributed by atoms with Crippen LogP contribution in [0.25, 0.3) is 0 Å². The number of anilines is 1. The molecule has 1 rings (SSSR count). The van der Waals surface area contributed by atoms with Crippen molar-refractivity contribution < 1.29 is 23.0 Å². The fourth-order valence-corrected chi connectivity index (χ4v) is 2.15. The predicted octanol–water partition coefficient (Wildman–Crippen LogP) is 3.59. The number of amides is 1. The third-order valence-electron chi connectivity index (χ3n) is 2.91. The first-order valence-corrected chi connectivity index (χ1v) is 7.53. The number of carbonyl (C=O) groups excluding carboxylic acids is 1. The number of para-hydroxylation sites is 1. The van der Waals surface area contributed by atoms with Crippen molar-refractivity contribution in [3.63, 3.8) is 0 Å². The second-order valence-corrected chi connectivity index (χ2v) is 4.86. The molecule has 0 aromatic heterocycles. The van der Waals surface area contributed by atoms with Gasteiger partial charge in [-0.25, -0.2) is 0 Å². The number of rotatable bonds is 9. The van der Waals surface area contributed by atoms with E-state index in [1.165, 1.54) is 11.0 Å². The molecular formula is C15H20ClF2NO3. The molecule has 22 heavy (non-hydrogen) atoms. The van der Waals surface area contributed by atoms with Crippen LogP contribution in [0.4, 0.5) is 14.5 Å². The lowest BCUT2D eigenvalue weighted by Gasteiger charge is -2.26. The topological polar surface area (TPSA) is 38.8 Å². The Hall–Kier alpha value is -1.40. The molecule has 0 N–H and O–H groups in total. The summed E-state index contributed by atoms with van der Waals surface area (Å²) in [5.41, 5.74) is 0.945. The molecule has 0 saturated carbocycles. The van der Waals surface area contributed by atoms with Crippen LogP contribution in [0, 0.1) is 6.92 Å². The van der Waals surface area contributed by atoms with Crippen LogP contribution >= 0.6 is 11.6 Å². The van der Waals surface area contributed by atoms with Crippen molar-refractivity contribution >= 4 is 23.2 Å². The molecule has 0 atom stereocenters. The van der Waals surface area contributed by atoms with Crippen molar-refractivity contribution in [3.05, 3.63) is 23.8 Å². The van der Waals surface area contributed by atoms with Crippen LogP contribution in [0.15, 0.2) is 18.2 Å². The molecule has 4 nitrogen and oxygen atoms in total. The van der Waals surface area contributed by atoms with E-state index in [4.69, 9.17) is 16.3 Å². The summed E-state index contributed by atoms with van der Waals surface area (Å²) in [6, 6.07) is 4.71. The molecule has 0 aliphatic heterocycles. The fraction of sp³-hybridized carbons (Fsp3) is 0.533. The molecule has 0 heterocycles. The van der Waals surface area contributed by atoms with Crippen LogP contribution in [0.2, 0.25) is 0 Å². The molecule has 0 spiro atoms. The third kappa shape index (κ3) is 5.42. The zero-order valence-electron chi connectivity index (χ0n) is 12.7. The van der Waals surface area contributed by atoms with Crippen LogP contribution in [-0.4, -0.2) is 38.2 Å². The number of carbonyl (C=O) groups is 1. The summed E-state index contributed by atoms with van der Waals surface area (Å²) >= 11 is 5.63. The second kappa shape index (κ2) is 9.58. The van der Waals surface area contributed by atoms with Crippen molar-refractivity contribution in [1.82, 2.24) is 0 Å². The normalized spacial score (nSPS) is 10.8. The first-order valence-electron chi connectivity index (χ1n) is 6.99. The molecule has 0 unspecified atom stereocenters. The first kappa shape index (κ1) is 18.6. The summed E-state index contributed by atoms with van der Waals surface area (Å²) in [4.78, 5) is 13.4. The Morgan fingerprint density at radius 1 is 1.36 bits per heavy atom. The second-order valence-electron chi connectivity index (χ2n) is 4.59. The quantitative estimate of drug-likeness (QED) is 0.511. The van der Waals surface area contributed by atoms with Crippen molar-refractivity contribution in [2.24, 2.45) is 0 Å². The minimum absolute atomic E-state index is 0.0519. The molecule has 124 valence electrons. The van der Waals surface area contributed by atoms with Gasteiger partial charge in [-0.15, -0.1) is 11.6 Å². The monoisotopic (exact) mass is 335 g/mol. The number of benzene rings is 1. The summed E-state index contributed by atoms with van der Waals surface area (Å²) in [6.07, 6.45) is 0.855. The lowest BCUT2D eigenvalue weighted by atomic mass is 10.1. The number of halogens is 3. The smallest absolute Gasteiger partial charge is 0.387 e. The SMILES string of the molecule is CCCOCCN(C(=O)CCl)c1c(C)cccc1OC(F)F. The molecule has 1 aromatic rings. The van der Waals surface area contributed by atoms with Gasteiger partial charge in [-0.05, 0) is 25.0 Å². The van der Waals surface area contributed by atoms with Gasteiger partial charge in [0.15, 0.2) is 0 Å². The maximum absolute atomic E-state index is 12.6. The lowest BCUT2D eigenvalue weighted by Crippen LogP contribution is -2.36. The van der Waals surface area contributed by atoms with E-state index in [9.17, 15) is 13.6 Å². The molecule has 0 fully saturated rings. The first-order chi connectivity index (χ1) is 10.5. The summed E-state index contributed by atoms with van der Waals surface area (Å²) in [6.45, 7) is 1.79. The highest BCUT2D eigenvalue weighted by Crippen LogP contribution is 2.33. The number of hydrogen-bond donors (Lipinski definition) is 0. The summed E-state index contributed by atoms with van der Waals surface area (Å²) < 4.78 is 35.0. The van der Waals surface area contributed by atoms with E-state index in [1.807, 2.05) is 6.92 Å². The summed E-state index contributed by atoms with van der Waals surface area (Å²) in [5, 5.41) is 0. The molecule has 0 bridgehead atoms. The summed E-state index contributed by atoms with van der Waals surface area (Å²) in [7, 11) is 0. The van der Waals surface area contributed by atoms with E-state index in [2.05, 4.69) is 4.74 Å². The van der Waals surface area contributed by atoms with Crippen molar-refractivity contribution in [2.75, 3.05) is 30.5 Å². The Morgan fingerprint density at radius 2 is 2.09 bits per heavy atom. The van der Waals surface area contributed by atoms with E-state index < -0.39 is 12.5 Å². The Balaban J connectivity index is 3.04. The zero-order valence-corrected chi connectivity index (χ0v) is 13.4. The minimum atomic E-state index is -2.97. The molecule has 1 amide bonds. The number of nitrogens with zero attached hydrogens (tertiary/aromatic N) is 1. The number of hydrogen-bond acceptors (Lipinski definition) is 3. The molecular weight excluding hydrogens is 316 g/mol. The number of aryl methyl sites for hydroxylation is 1. The average molecular weight is 336 g/mol. The largest absolute Gasteiger partial charge is 0.433 e. The predicted molar refractivity (Wildman–Crippen MR) is 82.0 cm³/mol. The maximum Gasteiger partial charge on any atom is 0.387 e. The van der Waals surface area contributed by atoms with E-state index in [0.29, 0.717) is 24.5 Å². The van der Waals surface area contributed by atoms with Gasteiger partial charge in [0, 0.05) is 13.2 Å². The van der Waals surface area contributed by atoms with Crippen LogP contribution in [0.3, 0.4) is 0 Å². The highest BCUT2D eigenvalue weighted by molar-refractivity contribution is 6.29. The van der Waals surface area contributed by atoms with Crippen molar-refractivity contribution in [3.8, 4) is 5.75 Å². The highest BCUT2D eigenvalue weighted by Gasteiger charge is 2.22. The van der Waals surface area contributed by atoms with Gasteiger partial charge in [0.05, 0.1) is 12.3 Å². The lowest BCUT2D eigenvalue weighted by molar-refractivity contribution is -0.116. The standard InChI is InChI=1S/C15H20ClF2NO3/c1-3-8-21-9-7-19(13(20)10-16)14-11(2)5-4-6-12(14)22-15(17)18/h4-6,15H,3,7-10H2,1-2H3. The summed E-state index contributed by atoms with van der Waals surface area (Å²) in [5.74, 6) is -0.699. The van der Waals surface area contributed by atoms with Crippen molar-refractivity contribution in [2.45, 2.75) is 26.9 Å². The Morgan fingerprint density at radius 3 is 2.68 bits per heavy atom. The Labute approximate surface area is 133 Å². The Kier molecular flexibility index (Phi) is 8.12. The van der Waals surface area contributed by atoms with E-state index in [0.717, 1.165) is 6.42 Å². The average Bonchev–Trinajstić information content (AvgIpc) is 2.47. The van der Waals surface area contributed by atoms with Crippen LogP contribution in [0.5, 0.6) is 5.75 Å². The Bertz CT molecular complexity index is 486.